The second-order valence-corrected chi connectivity index (χ2v) is 15.0. The van der Waals surface area contributed by atoms with Crippen molar-refractivity contribution in [3.05, 3.63) is 218 Å². The number of nitrogens with zero attached hydrogens (tertiary/aromatic N) is 2. The molecule has 0 bridgehead atoms. The van der Waals surface area contributed by atoms with E-state index in [1.165, 1.54) is 33.0 Å². The summed E-state index contributed by atoms with van der Waals surface area (Å²) in [5.74, 6) is 0.681. The average Bonchev–Trinajstić information content (AvgIpc) is 3.70. The monoisotopic (exact) mass is 752 g/mol. The number of hydrogen-bond acceptors (Lipinski definition) is 3. The predicted octanol–water partition coefficient (Wildman–Crippen LogP) is 15.2. The van der Waals surface area contributed by atoms with Crippen molar-refractivity contribution in [3.8, 4) is 78.4 Å². The van der Waals surface area contributed by atoms with Crippen molar-refractivity contribution in [2.75, 3.05) is 0 Å². The quantitative estimate of drug-likeness (QED) is 0.163. The van der Waals surface area contributed by atoms with Crippen LogP contribution in [0.1, 0.15) is 0 Å². The average molecular weight is 753 g/mol. The Morgan fingerprint density at radius 3 is 1.56 bits per heavy atom. The highest BCUT2D eigenvalue weighted by molar-refractivity contribution is 6.06. The van der Waals surface area contributed by atoms with Crippen LogP contribution in [0.4, 0.5) is 0 Å². The number of rotatable bonds is 7. The van der Waals surface area contributed by atoms with Gasteiger partial charge in [-0.2, -0.15) is 0 Å². The van der Waals surface area contributed by atoms with E-state index in [0.29, 0.717) is 5.82 Å². The molecule has 11 rings (SSSR count). The van der Waals surface area contributed by atoms with Crippen LogP contribution in [0.2, 0.25) is 0 Å². The molecular weight excluding hydrogens is 717 g/mol. The Morgan fingerprint density at radius 1 is 0.271 bits per heavy atom. The van der Waals surface area contributed by atoms with Crippen LogP contribution in [0.15, 0.2) is 223 Å². The summed E-state index contributed by atoms with van der Waals surface area (Å²) in [6, 6.07) is 77.1. The Bertz CT molecular complexity index is 3310. The fourth-order valence-electron chi connectivity index (χ4n) is 8.28. The standard InChI is InChI=1S/C56H36N2O/c1-3-13-37(14-4-1)42-19-11-20-43(31-42)45-32-46(44-29-30-55-51(35-44)50-22-9-10-24-54(50)59-55)34-47(33-45)53-36-52(57-56(58-53)41-16-5-2-6-17-41)40-27-25-39(26-28-40)49-23-12-18-38-15-7-8-21-48(38)49/h1-36H. The summed E-state index contributed by atoms with van der Waals surface area (Å²) in [4.78, 5) is 10.5. The first kappa shape index (κ1) is 34.4. The molecule has 2 aromatic heterocycles. The Morgan fingerprint density at radius 2 is 0.780 bits per heavy atom. The van der Waals surface area contributed by atoms with Gasteiger partial charge < -0.3 is 4.42 Å². The van der Waals surface area contributed by atoms with E-state index in [2.05, 4.69) is 188 Å². The van der Waals surface area contributed by atoms with E-state index < -0.39 is 0 Å². The molecule has 9 aromatic carbocycles. The van der Waals surface area contributed by atoms with E-state index in [1.807, 2.05) is 30.3 Å². The number of fused-ring (bicyclic) bond motifs is 4. The number of benzene rings is 9. The van der Waals surface area contributed by atoms with Crippen molar-refractivity contribution < 1.29 is 4.42 Å². The highest BCUT2D eigenvalue weighted by Gasteiger charge is 2.16. The van der Waals surface area contributed by atoms with Gasteiger partial charge in [0, 0.05) is 27.5 Å². The van der Waals surface area contributed by atoms with Gasteiger partial charge >= 0.3 is 0 Å². The van der Waals surface area contributed by atoms with Crippen LogP contribution in [0.25, 0.3) is 111 Å². The number of hydrogen-bond donors (Lipinski definition) is 0. The third-order valence-electron chi connectivity index (χ3n) is 11.3. The molecule has 0 aliphatic carbocycles. The minimum Gasteiger partial charge on any atom is -0.456 e. The molecule has 0 N–H and O–H groups in total. The van der Waals surface area contributed by atoms with E-state index in [9.17, 15) is 0 Å². The molecule has 0 amide bonds. The summed E-state index contributed by atoms with van der Waals surface area (Å²) in [6.07, 6.45) is 0. The summed E-state index contributed by atoms with van der Waals surface area (Å²) in [6.45, 7) is 0. The van der Waals surface area contributed by atoms with Crippen molar-refractivity contribution in [3.63, 3.8) is 0 Å². The summed E-state index contributed by atoms with van der Waals surface area (Å²) in [5.41, 5.74) is 15.6. The molecule has 3 nitrogen and oxygen atoms in total. The van der Waals surface area contributed by atoms with E-state index in [-0.39, 0.29) is 0 Å². The second kappa shape index (κ2) is 14.6. The molecule has 0 aliphatic heterocycles. The Labute approximate surface area is 342 Å². The SMILES string of the molecule is c1ccc(-c2cccc(-c3cc(-c4ccc5oc6ccccc6c5c4)cc(-c4cc(-c5ccc(-c6cccc7ccccc67)cc5)nc(-c5ccccc5)n4)c3)c2)cc1. The van der Waals surface area contributed by atoms with Gasteiger partial charge in [-0.05, 0) is 104 Å². The largest absolute Gasteiger partial charge is 0.456 e. The molecule has 3 heteroatoms. The summed E-state index contributed by atoms with van der Waals surface area (Å²) in [7, 11) is 0. The maximum Gasteiger partial charge on any atom is 0.160 e. The Balaban J connectivity index is 1.08. The van der Waals surface area contributed by atoms with Crippen LogP contribution in [0.3, 0.4) is 0 Å². The first-order valence-corrected chi connectivity index (χ1v) is 20.0. The smallest absolute Gasteiger partial charge is 0.160 e. The van der Waals surface area contributed by atoms with E-state index in [1.54, 1.807) is 0 Å². The highest BCUT2D eigenvalue weighted by Crippen LogP contribution is 2.39. The van der Waals surface area contributed by atoms with Crippen LogP contribution in [-0.2, 0) is 0 Å². The second-order valence-electron chi connectivity index (χ2n) is 15.0. The molecule has 0 fully saturated rings. The lowest BCUT2D eigenvalue weighted by molar-refractivity contribution is 0.669. The van der Waals surface area contributed by atoms with Crippen molar-refractivity contribution in [1.29, 1.82) is 0 Å². The van der Waals surface area contributed by atoms with Crippen LogP contribution in [0.5, 0.6) is 0 Å². The van der Waals surface area contributed by atoms with Gasteiger partial charge in [-0.3, -0.25) is 0 Å². The van der Waals surface area contributed by atoms with Gasteiger partial charge in [-0.25, -0.2) is 9.97 Å². The fraction of sp³-hybridized carbons (Fsp3) is 0. The molecular formula is C56H36N2O. The van der Waals surface area contributed by atoms with E-state index in [0.717, 1.165) is 72.3 Å². The van der Waals surface area contributed by atoms with Gasteiger partial charge in [0.25, 0.3) is 0 Å². The minimum absolute atomic E-state index is 0.681. The summed E-state index contributed by atoms with van der Waals surface area (Å²) in [5, 5.41) is 4.67. The van der Waals surface area contributed by atoms with Gasteiger partial charge in [0.15, 0.2) is 5.82 Å². The lowest BCUT2D eigenvalue weighted by Gasteiger charge is -2.14. The van der Waals surface area contributed by atoms with E-state index in [4.69, 9.17) is 14.4 Å². The lowest BCUT2D eigenvalue weighted by atomic mass is 9.92. The maximum atomic E-state index is 6.23. The molecule has 2 heterocycles. The zero-order chi connectivity index (χ0) is 39.1. The first-order chi connectivity index (χ1) is 29.2. The lowest BCUT2D eigenvalue weighted by Crippen LogP contribution is -1.96. The van der Waals surface area contributed by atoms with Crippen LogP contribution in [0, 0.1) is 0 Å². The highest BCUT2D eigenvalue weighted by atomic mass is 16.3. The van der Waals surface area contributed by atoms with Gasteiger partial charge in [-0.15, -0.1) is 0 Å². The summed E-state index contributed by atoms with van der Waals surface area (Å²) >= 11 is 0. The molecule has 0 saturated carbocycles. The number of para-hydroxylation sites is 1. The molecule has 276 valence electrons. The molecule has 0 radical (unpaired) electrons. The molecule has 0 aliphatic rings. The van der Waals surface area contributed by atoms with Crippen LogP contribution >= 0.6 is 0 Å². The van der Waals surface area contributed by atoms with Crippen molar-refractivity contribution in [2.45, 2.75) is 0 Å². The third kappa shape index (κ3) is 6.55. The molecule has 0 saturated heterocycles. The zero-order valence-corrected chi connectivity index (χ0v) is 32.1. The predicted molar refractivity (Wildman–Crippen MR) is 245 cm³/mol. The topological polar surface area (TPSA) is 38.9 Å². The number of aromatic nitrogens is 2. The molecule has 0 unspecified atom stereocenters. The third-order valence-corrected chi connectivity index (χ3v) is 11.3. The zero-order valence-electron chi connectivity index (χ0n) is 32.1. The van der Waals surface area contributed by atoms with Gasteiger partial charge in [0.05, 0.1) is 11.4 Å². The van der Waals surface area contributed by atoms with E-state index >= 15 is 0 Å². The molecule has 0 atom stereocenters. The van der Waals surface area contributed by atoms with Crippen LogP contribution < -0.4 is 0 Å². The fourth-order valence-corrected chi connectivity index (χ4v) is 8.28. The van der Waals surface area contributed by atoms with Gasteiger partial charge in [0.1, 0.15) is 11.2 Å². The number of furan rings is 1. The first-order valence-electron chi connectivity index (χ1n) is 20.0. The van der Waals surface area contributed by atoms with Gasteiger partial charge in [-0.1, -0.05) is 170 Å². The van der Waals surface area contributed by atoms with Crippen molar-refractivity contribution in [1.82, 2.24) is 9.97 Å². The minimum atomic E-state index is 0.681. The molecule has 0 spiro atoms. The molecule has 11 aromatic rings. The van der Waals surface area contributed by atoms with Crippen molar-refractivity contribution >= 4 is 32.7 Å². The summed E-state index contributed by atoms with van der Waals surface area (Å²) < 4.78 is 6.23. The normalized spacial score (nSPS) is 11.4. The van der Waals surface area contributed by atoms with Crippen molar-refractivity contribution in [2.24, 2.45) is 0 Å². The van der Waals surface area contributed by atoms with Crippen LogP contribution in [-0.4, -0.2) is 9.97 Å². The molecule has 59 heavy (non-hydrogen) atoms. The Kier molecular flexibility index (Phi) is 8.49. The van der Waals surface area contributed by atoms with Gasteiger partial charge in [0.2, 0.25) is 0 Å². The maximum absolute atomic E-state index is 6.23. The Hall–Kier alpha value is -7.88.